The fourth-order valence-corrected chi connectivity index (χ4v) is 5.15. The molecule has 1 saturated heterocycles. The van der Waals surface area contributed by atoms with E-state index in [-0.39, 0.29) is 41.0 Å². The van der Waals surface area contributed by atoms with Gasteiger partial charge in [-0.05, 0) is 49.8 Å². The molecule has 206 valence electrons. The number of nitrogens with one attached hydrogen (secondary N) is 3. The summed E-state index contributed by atoms with van der Waals surface area (Å²) < 4.78 is 13.3. The van der Waals surface area contributed by atoms with Crippen LogP contribution in [0.3, 0.4) is 0 Å². The molecule has 1 aromatic heterocycles. The van der Waals surface area contributed by atoms with Crippen LogP contribution in [-0.2, 0) is 16.0 Å². The fraction of sp³-hybridized carbons (Fsp3) is 0.519. The molecule has 0 unspecified atom stereocenters. The standard InChI is InChI=1S/C27H36FN5O4S/c1-16-22(17(2)34)38-26(30-16)32-25(37)29-14-21(31-24(36)27(3,4)5)23(35)33-12-6-7-19(15-33)13-18-8-10-20(28)11-9-18/h8-11,19,21H,6-7,12-15H2,1-5H3,(H,31,36)(H2,29,30,32,37)/t19-,21+/m0/s1. The number of anilines is 1. The number of hydrogen-bond acceptors (Lipinski definition) is 6. The van der Waals surface area contributed by atoms with Crippen molar-refractivity contribution in [2.45, 2.75) is 59.9 Å². The summed E-state index contributed by atoms with van der Waals surface area (Å²) in [6.45, 7) is 9.33. The Morgan fingerprint density at radius 3 is 2.47 bits per heavy atom. The van der Waals surface area contributed by atoms with Crippen molar-refractivity contribution in [1.82, 2.24) is 20.5 Å². The molecule has 1 aromatic carbocycles. The molecule has 9 nitrogen and oxygen atoms in total. The van der Waals surface area contributed by atoms with Crippen molar-refractivity contribution in [3.05, 3.63) is 46.2 Å². The topological polar surface area (TPSA) is 120 Å². The molecule has 0 aliphatic carbocycles. The van der Waals surface area contributed by atoms with Gasteiger partial charge in [0.1, 0.15) is 11.9 Å². The van der Waals surface area contributed by atoms with Gasteiger partial charge in [0, 0.05) is 32.0 Å². The highest BCUT2D eigenvalue weighted by atomic mass is 32.1. The molecule has 0 spiro atoms. The van der Waals surface area contributed by atoms with E-state index in [1.807, 2.05) is 0 Å². The lowest BCUT2D eigenvalue weighted by atomic mass is 9.91. The smallest absolute Gasteiger partial charge is 0.321 e. The predicted octanol–water partition coefficient (Wildman–Crippen LogP) is 3.93. The van der Waals surface area contributed by atoms with Gasteiger partial charge >= 0.3 is 6.03 Å². The van der Waals surface area contributed by atoms with Gasteiger partial charge < -0.3 is 15.5 Å². The first-order valence-corrected chi connectivity index (χ1v) is 13.5. The minimum atomic E-state index is -0.956. The number of Topliss-reactive ketones (excluding diaryl/α,β-unsaturated/α-hetero) is 1. The molecule has 2 atom stereocenters. The summed E-state index contributed by atoms with van der Waals surface area (Å²) in [5.41, 5.74) is 0.811. The zero-order valence-electron chi connectivity index (χ0n) is 22.5. The minimum absolute atomic E-state index is 0.116. The molecule has 0 bridgehead atoms. The first-order chi connectivity index (χ1) is 17.8. The molecule has 2 heterocycles. The number of aromatic nitrogens is 1. The number of carbonyl (C=O) groups is 4. The van der Waals surface area contributed by atoms with Crippen molar-refractivity contribution in [3.63, 3.8) is 0 Å². The van der Waals surface area contributed by atoms with Gasteiger partial charge in [-0.3, -0.25) is 19.7 Å². The van der Waals surface area contributed by atoms with E-state index >= 15 is 0 Å². The minimum Gasteiger partial charge on any atom is -0.342 e. The van der Waals surface area contributed by atoms with E-state index in [4.69, 9.17) is 0 Å². The summed E-state index contributed by atoms with van der Waals surface area (Å²) in [4.78, 5) is 56.9. The summed E-state index contributed by atoms with van der Waals surface area (Å²) in [6.07, 6.45) is 2.48. The fourth-order valence-electron chi connectivity index (χ4n) is 4.29. The molecular weight excluding hydrogens is 509 g/mol. The number of thiazole rings is 1. The Morgan fingerprint density at radius 1 is 1.18 bits per heavy atom. The van der Waals surface area contributed by atoms with Crippen LogP contribution in [0.1, 0.15) is 61.5 Å². The number of hydrogen-bond donors (Lipinski definition) is 3. The Bertz CT molecular complexity index is 1180. The van der Waals surface area contributed by atoms with E-state index in [1.54, 1.807) is 44.7 Å². The van der Waals surface area contributed by atoms with E-state index in [9.17, 15) is 23.6 Å². The van der Waals surface area contributed by atoms with Crippen LogP contribution in [0.25, 0.3) is 0 Å². The number of halogens is 1. The van der Waals surface area contributed by atoms with E-state index in [0.717, 1.165) is 36.2 Å². The van der Waals surface area contributed by atoms with Crippen LogP contribution in [-0.4, -0.2) is 59.2 Å². The van der Waals surface area contributed by atoms with Crippen LogP contribution >= 0.6 is 11.3 Å². The number of aryl methyl sites for hydroxylation is 1. The van der Waals surface area contributed by atoms with Gasteiger partial charge in [-0.2, -0.15) is 0 Å². The molecule has 3 N–H and O–H groups in total. The third-order valence-electron chi connectivity index (χ3n) is 6.36. The first kappa shape index (κ1) is 29.2. The number of amides is 4. The van der Waals surface area contributed by atoms with Crippen LogP contribution in [0, 0.1) is 24.1 Å². The molecule has 1 aliphatic rings. The van der Waals surface area contributed by atoms with Crippen molar-refractivity contribution in [2.75, 3.05) is 25.0 Å². The van der Waals surface area contributed by atoms with E-state index in [0.29, 0.717) is 23.7 Å². The number of nitrogens with zero attached hydrogens (tertiary/aromatic N) is 2. The van der Waals surface area contributed by atoms with Crippen molar-refractivity contribution in [3.8, 4) is 0 Å². The average molecular weight is 546 g/mol. The maximum Gasteiger partial charge on any atom is 0.321 e. The monoisotopic (exact) mass is 545 g/mol. The van der Waals surface area contributed by atoms with Crippen LogP contribution in [0.2, 0.25) is 0 Å². The van der Waals surface area contributed by atoms with Crippen LogP contribution in [0.5, 0.6) is 0 Å². The van der Waals surface area contributed by atoms with Gasteiger partial charge in [-0.25, -0.2) is 14.2 Å². The molecular formula is C27H36FN5O4S. The molecule has 38 heavy (non-hydrogen) atoms. The lowest BCUT2D eigenvalue weighted by molar-refractivity contribution is -0.139. The molecule has 1 aliphatic heterocycles. The number of ketones is 1. The summed E-state index contributed by atoms with van der Waals surface area (Å²) in [5, 5.41) is 8.32. The lowest BCUT2D eigenvalue weighted by Crippen LogP contribution is -2.57. The molecule has 2 aromatic rings. The van der Waals surface area contributed by atoms with E-state index < -0.39 is 17.5 Å². The second kappa shape index (κ2) is 12.5. The van der Waals surface area contributed by atoms with Crippen LogP contribution < -0.4 is 16.0 Å². The largest absolute Gasteiger partial charge is 0.342 e. The zero-order valence-corrected chi connectivity index (χ0v) is 23.3. The maximum absolute atomic E-state index is 13.5. The quantitative estimate of drug-likeness (QED) is 0.434. The maximum atomic E-state index is 13.5. The number of likely N-dealkylation sites (tertiary alicyclic amines) is 1. The van der Waals surface area contributed by atoms with Crippen molar-refractivity contribution >= 4 is 40.1 Å². The van der Waals surface area contributed by atoms with Crippen LogP contribution in [0.15, 0.2) is 24.3 Å². The molecule has 4 amide bonds. The number of benzene rings is 1. The Balaban J connectivity index is 1.66. The summed E-state index contributed by atoms with van der Waals surface area (Å²) in [5.74, 6) is -0.789. The number of urea groups is 1. The number of carbonyl (C=O) groups excluding carboxylic acids is 4. The summed E-state index contributed by atoms with van der Waals surface area (Å²) in [6, 6.07) is 4.84. The Hall–Kier alpha value is -3.34. The van der Waals surface area contributed by atoms with Gasteiger partial charge in [-0.15, -0.1) is 0 Å². The lowest BCUT2D eigenvalue weighted by Gasteiger charge is -2.36. The Morgan fingerprint density at radius 2 is 1.87 bits per heavy atom. The Labute approximate surface area is 226 Å². The van der Waals surface area contributed by atoms with Crippen molar-refractivity contribution in [1.29, 1.82) is 0 Å². The Kier molecular flexibility index (Phi) is 9.59. The third kappa shape index (κ3) is 8.08. The van der Waals surface area contributed by atoms with Crippen molar-refractivity contribution in [2.24, 2.45) is 11.3 Å². The van der Waals surface area contributed by atoms with E-state index in [2.05, 4.69) is 20.9 Å². The second-order valence-electron chi connectivity index (χ2n) is 10.7. The van der Waals surface area contributed by atoms with Crippen molar-refractivity contribution < 1.29 is 23.6 Å². The molecule has 0 saturated carbocycles. The van der Waals surface area contributed by atoms with Gasteiger partial charge in [0.05, 0.1) is 10.6 Å². The highest BCUT2D eigenvalue weighted by Gasteiger charge is 2.33. The first-order valence-electron chi connectivity index (χ1n) is 12.7. The molecule has 0 radical (unpaired) electrons. The SMILES string of the molecule is CC(=O)c1sc(NC(=O)NC[C@@H](NC(=O)C(C)(C)C)C(=O)N2CCC[C@@H](Cc3ccc(F)cc3)C2)nc1C. The molecule has 3 rings (SSSR count). The molecule has 11 heteroatoms. The number of rotatable bonds is 8. The second-order valence-corrected chi connectivity index (χ2v) is 11.7. The highest BCUT2D eigenvalue weighted by Crippen LogP contribution is 2.24. The van der Waals surface area contributed by atoms with E-state index in [1.165, 1.54) is 19.1 Å². The van der Waals surface area contributed by atoms with Gasteiger partial charge in [0.25, 0.3) is 0 Å². The predicted molar refractivity (Wildman–Crippen MR) is 145 cm³/mol. The summed E-state index contributed by atoms with van der Waals surface area (Å²) in [7, 11) is 0. The molecule has 1 fully saturated rings. The summed E-state index contributed by atoms with van der Waals surface area (Å²) >= 11 is 1.08. The zero-order chi connectivity index (χ0) is 28.0. The third-order valence-corrected chi connectivity index (χ3v) is 7.53. The van der Waals surface area contributed by atoms with Gasteiger partial charge in [0.15, 0.2) is 10.9 Å². The number of piperidine rings is 1. The van der Waals surface area contributed by atoms with Gasteiger partial charge in [-0.1, -0.05) is 44.2 Å². The van der Waals surface area contributed by atoms with Gasteiger partial charge in [0.2, 0.25) is 11.8 Å². The highest BCUT2D eigenvalue weighted by molar-refractivity contribution is 7.17. The average Bonchev–Trinajstić information content (AvgIpc) is 3.22. The van der Waals surface area contributed by atoms with Crippen LogP contribution in [0.4, 0.5) is 14.3 Å². The normalized spacial score (nSPS) is 16.5.